The molecule has 2 heterocycles. The number of fused-ring (bicyclic) bond motifs is 2. The molecule has 4 nitrogen and oxygen atoms in total. The highest BCUT2D eigenvalue weighted by Gasteiger charge is 2.17. The number of rotatable bonds is 3. The zero-order chi connectivity index (χ0) is 15.8. The number of carbonyl (C=O) groups excluding carboxylic acids is 1. The number of ether oxygens (including phenoxy) is 2. The molecule has 0 bridgehead atoms. The van der Waals surface area contributed by atoms with Gasteiger partial charge in [-0.1, -0.05) is 29.8 Å². The second kappa shape index (κ2) is 5.48. The van der Waals surface area contributed by atoms with Gasteiger partial charge in [0.15, 0.2) is 17.3 Å². The minimum atomic E-state index is -0.210. The fraction of sp³-hybridized carbons (Fsp3) is 0.0556. The van der Waals surface area contributed by atoms with E-state index in [0.29, 0.717) is 22.1 Å². The molecule has 4 rings (SSSR count). The van der Waals surface area contributed by atoms with Gasteiger partial charge in [-0.05, 0) is 35.9 Å². The maximum atomic E-state index is 12.2. The highest BCUT2D eigenvalue weighted by atomic mass is 35.5. The molecular weight excluding hydrogens is 316 g/mol. The molecule has 3 aromatic rings. The summed E-state index contributed by atoms with van der Waals surface area (Å²) in [6.07, 6.45) is 3.19. The molecule has 0 fully saturated rings. The smallest absolute Gasteiger partial charge is 0.231 e. The van der Waals surface area contributed by atoms with Gasteiger partial charge in [-0.3, -0.25) is 4.79 Å². The summed E-state index contributed by atoms with van der Waals surface area (Å²) in [5.74, 6) is 1.35. The fourth-order valence-corrected chi connectivity index (χ4v) is 2.50. The molecule has 114 valence electrons. The van der Waals surface area contributed by atoms with Crippen molar-refractivity contribution in [3.8, 4) is 11.5 Å². The summed E-state index contributed by atoms with van der Waals surface area (Å²) >= 11 is 5.83. The van der Waals surface area contributed by atoms with Gasteiger partial charge in [-0.25, -0.2) is 0 Å². The Morgan fingerprint density at radius 2 is 1.78 bits per heavy atom. The van der Waals surface area contributed by atoms with Gasteiger partial charge in [0.2, 0.25) is 12.6 Å². The van der Waals surface area contributed by atoms with Crippen molar-refractivity contribution in [3.63, 3.8) is 0 Å². The number of halogens is 1. The zero-order valence-electron chi connectivity index (χ0n) is 11.9. The SMILES string of the molecule is O=C(/C=C/c1ccc(Cl)cc1)c1cc2cc3c(cc2o1)OCO3. The van der Waals surface area contributed by atoms with E-state index < -0.39 is 0 Å². The lowest BCUT2D eigenvalue weighted by atomic mass is 10.1. The zero-order valence-corrected chi connectivity index (χ0v) is 12.7. The van der Waals surface area contributed by atoms with Crippen molar-refractivity contribution in [1.29, 1.82) is 0 Å². The average molecular weight is 327 g/mol. The van der Waals surface area contributed by atoms with Gasteiger partial charge in [0.25, 0.3) is 0 Å². The summed E-state index contributed by atoms with van der Waals surface area (Å²) in [5, 5.41) is 1.46. The molecule has 1 aromatic heterocycles. The lowest BCUT2D eigenvalue weighted by Crippen LogP contribution is -1.93. The summed E-state index contributed by atoms with van der Waals surface area (Å²) in [4.78, 5) is 12.2. The van der Waals surface area contributed by atoms with Gasteiger partial charge < -0.3 is 13.9 Å². The third-order valence-electron chi connectivity index (χ3n) is 3.55. The molecule has 0 amide bonds. The van der Waals surface area contributed by atoms with Crippen molar-refractivity contribution >= 4 is 34.4 Å². The van der Waals surface area contributed by atoms with Gasteiger partial charge in [0.1, 0.15) is 5.58 Å². The minimum absolute atomic E-state index is 0.206. The highest BCUT2D eigenvalue weighted by Crippen LogP contribution is 2.37. The summed E-state index contributed by atoms with van der Waals surface area (Å²) in [7, 11) is 0. The Bertz CT molecular complexity index is 881. The largest absolute Gasteiger partial charge is 0.454 e. The van der Waals surface area contributed by atoms with Crippen molar-refractivity contribution in [1.82, 2.24) is 0 Å². The van der Waals surface area contributed by atoms with E-state index in [4.69, 9.17) is 25.5 Å². The van der Waals surface area contributed by atoms with Gasteiger partial charge in [0, 0.05) is 16.5 Å². The van der Waals surface area contributed by atoms with Gasteiger partial charge in [-0.15, -0.1) is 0 Å². The van der Waals surface area contributed by atoms with Crippen LogP contribution in [0.25, 0.3) is 17.0 Å². The molecule has 23 heavy (non-hydrogen) atoms. The number of ketones is 1. The van der Waals surface area contributed by atoms with E-state index in [1.165, 1.54) is 6.08 Å². The summed E-state index contributed by atoms with van der Waals surface area (Å²) < 4.78 is 16.2. The molecule has 0 unspecified atom stereocenters. The average Bonchev–Trinajstić information content (AvgIpc) is 3.17. The third-order valence-corrected chi connectivity index (χ3v) is 3.80. The molecule has 0 aliphatic carbocycles. The van der Waals surface area contributed by atoms with E-state index in [9.17, 15) is 4.79 Å². The first-order valence-corrected chi connectivity index (χ1v) is 7.38. The Hall–Kier alpha value is -2.72. The van der Waals surface area contributed by atoms with Crippen LogP contribution < -0.4 is 9.47 Å². The van der Waals surface area contributed by atoms with E-state index in [0.717, 1.165) is 10.9 Å². The highest BCUT2D eigenvalue weighted by molar-refractivity contribution is 6.30. The predicted molar refractivity (Wildman–Crippen MR) is 87.2 cm³/mol. The monoisotopic (exact) mass is 326 g/mol. The lowest BCUT2D eigenvalue weighted by Gasteiger charge is -1.94. The number of benzene rings is 2. The van der Waals surface area contributed by atoms with E-state index in [2.05, 4.69) is 0 Å². The van der Waals surface area contributed by atoms with Crippen LogP contribution in [0, 0.1) is 0 Å². The molecule has 0 saturated carbocycles. The molecular formula is C18H11ClO4. The van der Waals surface area contributed by atoms with Gasteiger partial charge in [0.05, 0.1) is 0 Å². The fourth-order valence-electron chi connectivity index (χ4n) is 2.38. The maximum absolute atomic E-state index is 12.2. The summed E-state index contributed by atoms with van der Waals surface area (Å²) in [5.41, 5.74) is 1.48. The second-order valence-corrected chi connectivity index (χ2v) is 5.54. The third kappa shape index (κ3) is 2.69. The van der Waals surface area contributed by atoms with Crippen molar-refractivity contribution in [3.05, 3.63) is 64.9 Å². The molecule has 1 aliphatic heterocycles. The maximum Gasteiger partial charge on any atom is 0.231 e. The van der Waals surface area contributed by atoms with Crippen LogP contribution in [0.15, 0.2) is 53.0 Å². The van der Waals surface area contributed by atoms with Crippen LogP contribution in [-0.2, 0) is 0 Å². The summed E-state index contributed by atoms with van der Waals surface area (Å²) in [6, 6.07) is 12.5. The molecule has 0 spiro atoms. The molecule has 0 N–H and O–H groups in total. The molecule has 1 aliphatic rings. The van der Waals surface area contributed by atoms with E-state index in [1.54, 1.807) is 36.4 Å². The van der Waals surface area contributed by atoms with Gasteiger partial charge >= 0.3 is 0 Å². The van der Waals surface area contributed by atoms with Crippen LogP contribution in [0.5, 0.6) is 11.5 Å². The first-order valence-electron chi connectivity index (χ1n) is 7.00. The van der Waals surface area contributed by atoms with Crippen LogP contribution in [0.2, 0.25) is 5.02 Å². The predicted octanol–water partition coefficient (Wildman–Crippen LogP) is 4.71. The minimum Gasteiger partial charge on any atom is -0.454 e. The van der Waals surface area contributed by atoms with Crippen LogP contribution in [0.1, 0.15) is 16.1 Å². The van der Waals surface area contributed by atoms with E-state index in [1.807, 2.05) is 12.1 Å². The van der Waals surface area contributed by atoms with Gasteiger partial charge in [-0.2, -0.15) is 0 Å². The molecule has 0 atom stereocenters. The number of carbonyl (C=O) groups is 1. The first kappa shape index (κ1) is 13.9. The summed E-state index contributed by atoms with van der Waals surface area (Å²) in [6.45, 7) is 0.206. The number of hydrogen-bond donors (Lipinski definition) is 0. The lowest BCUT2D eigenvalue weighted by molar-refractivity contribution is 0.102. The van der Waals surface area contributed by atoms with Crippen molar-refractivity contribution < 1.29 is 18.7 Å². The number of allylic oxidation sites excluding steroid dienone is 1. The Kier molecular flexibility index (Phi) is 3.32. The van der Waals surface area contributed by atoms with Crippen LogP contribution >= 0.6 is 11.6 Å². The Morgan fingerprint density at radius 1 is 1.04 bits per heavy atom. The first-order chi connectivity index (χ1) is 11.2. The standard InChI is InChI=1S/C18H11ClO4/c19-13-4-1-11(2-5-13)3-6-14(20)16-7-12-8-17-18(22-10-21-17)9-15(12)23-16/h1-9H,10H2/b6-3+. The molecule has 0 saturated heterocycles. The van der Waals surface area contributed by atoms with Crippen LogP contribution in [0.4, 0.5) is 0 Å². The Balaban J connectivity index is 1.61. The Labute approximate surface area is 136 Å². The Morgan fingerprint density at radius 3 is 2.57 bits per heavy atom. The number of hydrogen-bond acceptors (Lipinski definition) is 4. The van der Waals surface area contributed by atoms with Crippen molar-refractivity contribution in [2.24, 2.45) is 0 Å². The van der Waals surface area contributed by atoms with E-state index >= 15 is 0 Å². The quantitative estimate of drug-likeness (QED) is 0.516. The van der Waals surface area contributed by atoms with Crippen molar-refractivity contribution in [2.75, 3.05) is 6.79 Å². The van der Waals surface area contributed by atoms with Crippen LogP contribution in [-0.4, -0.2) is 12.6 Å². The normalized spacial score (nSPS) is 13.1. The van der Waals surface area contributed by atoms with E-state index in [-0.39, 0.29) is 18.3 Å². The second-order valence-electron chi connectivity index (χ2n) is 5.10. The van der Waals surface area contributed by atoms with Crippen LogP contribution in [0.3, 0.4) is 0 Å². The molecule has 2 aromatic carbocycles. The molecule has 5 heteroatoms. The van der Waals surface area contributed by atoms with Crippen molar-refractivity contribution in [2.45, 2.75) is 0 Å². The topological polar surface area (TPSA) is 48.7 Å². The number of furan rings is 1. The molecule has 0 radical (unpaired) electrons.